The first kappa shape index (κ1) is 17.9. The number of ketones is 1. The summed E-state index contributed by atoms with van der Waals surface area (Å²) >= 11 is 0. The summed E-state index contributed by atoms with van der Waals surface area (Å²) in [6.07, 6.45) is 2.75. The topological polar surface area (TPSA) is 96.3 Å². The Hall–Kier alpha value is -2.45. The Morgan fingerprint density at radius 1 is 1.22 bits per heavy atom. The number of aromatic amines is 1. The van der Waals surface area contributed by atoms with Crippen LogP contribution < -0.4 is 0 Å². The summed E-state index contributed by atoms with van der Waals surface area (Å²) in [6.45, 7) is 3.84. The maximum Gasteiger partial charge on any atom is 0.248 e. The summed E-state index contributed by atoms with van der Waals surface area (Å²) < 4.78 is 32.2. The van der Waals surface area contributed by atoms with Crippen molar-refractivity contribution in [1.82, 2.24) is 14.4 Å². The molecule has 0 aliphatic carbocycles. The number of aromatic nitrogens is 2. The molecule has 0 amide bonds. The van der Waals surface area contributed by atoms with E-state index in [0.29, 0.717) is 42.9 Å². The number of carbonyl (C=O) groups excluding carboxylic acids is 1. The zero-order chi connectivity index (χ0) is 19.2. The van der Waals surface area contributed by atoms with Gasteiger partial charge in [0.15, 0.2) is 11.5 Å². The molecule has 1 aliphatic rings. The number of rotatable bonds is 4. The summed E-state index contributed by atoms with van der Waals surface area (Å²) in [6, 6.07) is 7.69. The minimum absolute atomic E-state index is 0.0711. The lowest BCUT2D eigenvalue weighted by molar-refractivity contribution is 0.0877. The van der Waals surface area contributed by atoms with Crippen molar-refractivity contribution < 1.29 is 17.7 Å². The third-order valence-corrected chi connectivity index (χ3v) is 7.39. The molecular formula is C19H21N3O4S. The van der Waals surface area contributed by atoms with E-state index in [2.05, 4.69) is 10.1 Å². The van der Waals surface area contributed by atoms with Gasteiger partial charge in [0, 0.05) is 41.7 Å². The molecule has 0 bridgehead atoms. The minimum Gasteiger partial charge on any atom is -0.360 e. The van der Waals surface area contributed by atoms with E-state index < -0.39 is 10.0 Å². The van der Waals surface area contributed by atoms with Crippen LogP contribution in [0.4, 0.5) is 0 Å². The quantitative estimate of drug-likeness (QED) is 0.694. The summed E-state index contributed by atoms with van der Waals surface area (Å²) in [7, 11) is -3.66. The van der Waals surface area contributed by atoms with E-state index in [1.165, 1.54) is 4.31 Å². The second-order valence-corrected chi connectivity index (χ2v) is 8.82. The standard InChI is InChI=1S/C19H21N3O4S/c1-12-19(13(2)26-21-12)27(24,25)22-9-7-14(8-10-22)18(23)16-11-20-17-6-4-3-5-15(16)17/h3-6,11,14,20H,7-10H2,1-2H3. The number of sulfonamides is 1. The molecular weight excluding hydrogens is 366 g/mol. The average Bonchev–Trinajstić information content (AvgIpc) is 3.24. The molecule has 3 heterocycles. The molecule has 2 aromatic heterocycles. The third kappa shape index (κ3) is 2.98. The lowest BCUT2D eigenvalue weighted by Crippen LogP contribution is -2.40. The first-order chi connectivity index (χ1) is 12.9. The molecule has 0 radical (unpaired) electrons. The Kier molecular flexibility index (Phi) is 4.39. The van der Waals surface area contributed by atoms with E-state index in [-0.39, 0.29) is 16.6 Å². The Labute approximate surface area is 157 Å². The number of piperidine rings is 1. The van der Waals surface area contributed by atoms with Crippen molar-refractivity contribution in [3.8, 4) is 0 Å². The molecule has 3 aromatic rings. The average molecular weight is 387 g/mol. The molecule has 0 saturated carbocycles. The maximum absolute atomic E-state index is 13.0. The largest absolute Gasteiger partial charge is 0.360 e. The second kappa shape index (κ2) is 6.61. The highest BCUT2D eigenvalue weighted by Gasteiger charge is 2.35. The van der Waals surface area contributed by atoms with Crippen LogP contribution in [0, 0.1) is 19.8 Å². The van der Waals surface area contributed by atoms with Gasteiger partial charge in [0.05, 0.1) is 0 Å². The van der Waals surface area contributed by atoms with E-state index in [1.807, 2.05) is 24.3 Å². The second-order valence-electron chi connectivity index (χ2n) is 6.94. The summed E-state index contributed by atoms with van der Waals surface area (Å²) in [5.74, 6) is 0.187. The van der Waals surface area contributed by atoms with Gasteiger partial charge in [-0.3, -0.25) is 4.79 Å². The number of benzene rings is 1. The minimum atomic E-state index is -3.66. The fourth-order valence-electron chi connectivity index (χ4n) is 3.83. The fraction of sp³-hybridized carbons (Fsp3) is 0.368. The van der Waals surface area contributed by atoms with Gasteiger partial charge in [-0.2, -0.15) is 4.31 Å². The van der Waals surface area contributed by atoms with Crippen molar-refractivity contribution in [2.45, 2.75) is 31.6 Å². The van der Waals surface area contributed by atoms with Gasteiger partial charge in [0.1, 0.15) is 10.6 Å². The van der Waals surface area contributed by atoms with Crippen LogP contribution in [0.3, 0.4) is 0 Å². The molecule has 1 fully saturated rings. The van der Waals surface area contributed by atoms with Crippen LogP contribution in [0.5, 0.6) is 0 Å². The van der Waals surface area contributed by atoms with Crippen LogP contribution >= 0.6 is 0 Å². The van der Waals surface area contributed by atoms with Crippen LogP contribution in [-0.4, -0.2) is 41.7 Å². The Bertz CT molecular complexity index is 1090. The van der Waals surface area contributed by atoms with E-state index in [1.54, 1.807) is 20.0 Å². The van der Waals surface area contributed by atoms with Crippen LogP contribution in [-0.2, 0) is 10.0 Å². The first-order valence-corrected chi connectivity index (χ1v) is 10.4. The lowest BCUT2D eigenvalue weighted by Gasteiger charge is -2.30. The zero-order valence-corrected chi connectivity index (χ0v) is 16.0. The third-order valence-electron chi connectivity index (χ3n) is 5.25. The van der Waals surface area contributed by atoms with Gasteiger partial charge in [-0.1, -0.05) is 23.4 Å². The summed E-state index contributed by atoms with van der Waals surface area (Å²) in [5.41, 5.74) is 1.97. The smallest absolute Gasteiger partial charge is 0.248 e. The normalized spacial score (nSPS) is 16.8. The molecule has 0 atom stereocenters. The van der Waals surface area contributed by atoms with E-state index in [4.69, 9.17) is 4.52 Å². The number of H-pyrrole nitrogens is 1. The maximum atomic E-state index is 13.0. The van der Waals surface area contributed by atoms with Crippen molar-refractivity contribution >= 4 is 26.7 Å². The predicted molar refractivity (Wildman–Crippen MR) is 100 cm³/mol. The van der Waals surface area contributed by atoms with Gasteiger partial charge >= 0.3 is 0 Å². The van der Waals surface area contributed by atoms with Crippen molar-refractivity contribution in [3.63, 3.8) is 0 Å². The molecule has 1 aromatic carbocycles. The van der Waals surface area contributed by atoms with Gasteiger partial charge in [0.25, 0.3) is 0 Å². The SMILES string of the molecule is Cc1noc(C)c1S(=O)(=O)N1CCC(C(=O)c2c[nH]c3ccccc23)CC1. The number of carbonyl (C=O) groups is 1. The van der Waals surface area contributed by atoms with Crippen molar-refractivity contribution in [1.29, 1.82) is 0 Å². The molecule has 1 aliphatic heterocycles. The number of hydrogen-bond acceptors (Lipinski definition) is 5. The number of hydrogen-bond donors (Lipinski definition) is 1. The molecule has 1 N–H and O–H groups in total. The highest BCUT2D eigenvalue weighted by molar-refractivity contribution is 7.89. The highest BCUT2D eigenvalue weighted by atomic mass is 32.2. The molecule has 0 spiro atoms. The zero-order valence-electron chi connectivity index (χ0n) is 15.2. The van der Waals surface area contributed by atoms with Gasteiger partial charge in [-0.15, -0.1) is 0 Å². The van der Waals surface area contributed by atoms with Gasteiger partial charge in [0.2, 0.25) is 10.0 Å². The Morgan fingerprint density at radius 3 is 2.59 bits per heavy atom. The highest BCUT2D eigenvalue weighted by Crippen LogP contribution is 2.30. The van der Waals surface area contributed by atoms with Crippen LogP contribution in [0.1, 0.15) is 34.7 Å². The molecule has 0 unspecified atom stereocenters. The summed E-state index contributed by atoms with van der Waals surface area (Å²) in [4.78, 5) is 16.2. The van der Waals surface area contributed by atoms with Crippen molar-refractivity contribution in [3.05, 3.63) is 47.5 Å². The molecule has 8 heteroatoms. The van der Waals surface area contributed by atoms with E-state index >= 15 is 0 Å². The molecule has 142 valence electrons. The molecule has 4 rings (SSSR count). The lowest BCUT2D eigenvalue weighted by atomic mass is 9.89. The van der Waals surface area contributed by atoms with Crippen molar-refractivity contribution in [2.75, 3.05) is 13.1 Å². The number of para-hydroxylation sites is 1. The van der Waals surface area contributed by atoms with E-state index in [9.17, 15) is 13.2 Å². The number of fused-ring (bicyclic) bond motifs is 1. The number of aryl methyl sites for hydroxylation is 2. The molecule has 1 saturated heterocycles. The van der Waals surface area contributed by atoms with Crippen molar-refractivity contribution in [2.24, 2.45) is 5.92 Å². The van der Waals surface area contributed by atoms with E-state index in [0.717, 1.165) is 10.9 Å². The molecule has 7 nitrogen and oxygen atoms in total. The van der Waals surface area contributed by atoms with Gasteiger partial charge in [-0.05, 0) is 32.8 Å². The van der Waals surface area contributed by atoms with Gasteiger partial charge < -0.3 is 9.51 Å². The number of nitrogens with one attached hydrogen (secondary N) is 1. The van der Waals surface area contributed by atoms with Crippen LogP contribution in [0.15, 0.2) is 39.9 Å². The Balaban J connectivity index is 1.51. The predicted octanol–water partition coefficient (Wildman–Crippen LogP) is 3.06. The Morgan fingerprint density at radius 2 is 1.93 bits per heavy atom. The first-order valence-electron chi connectivity index (χ1n) is 8.93. The monoisotopic (exact) mass is 387 g/mol. The number of nitrogens with zero attached hydrogens (tertiary/aromatic N) is 2. The summed E-state index contributed by atoms with van der Waals surface area (Å²) in [5, 5.41) is 4.66. The van der Waals surface area contributed by atoms with Crippen LogP contribution in [0.2, 0.25) is 0 Å². The number of Topliss-reactive ketones (excluding diaryl/α,β-unsaturated/α-hetero) is 1. The molecule has 27 heavy (non-hydrogen) atoms. The fourth-order valence-corrected chi connectivity index (χ4v) is 5.59. The van der Waals surface area contributed by atoms with Gasteiger partial charge in [-0.25, -0.2) is 8.42 Å². The van der Waals surface area contributed by atoms with Crippen LogP contribution in [0.25, 0.3) is 10.9 Å².